The van der Waals surface area contributed by atoms with E-state index in [9.17, 15) is 9.59 Å². The van der Waals surface area contributed by atoms with Crippen molar-refractivity contribution in [3.63, 3.8) is 0 Å². The Morgan fingerprint density at radius 2 is 1.94 bits per heavy atom. The number of aliphatic carboxylic acids is 1. The summed E-state index contributed by atoms with van der Waals surface area (Å²) in [5.41, 5.74) is 0.631. The van der Waals surface area contributed by atoms with E-state index in [1.165, 1.54) is 4.90 Å². The summed E-state index contributed by atoms with van der Waals surface area (Å²) in [4.78, 5) is 24.2. The molecule has 0 radical (unpaired) electrons. The molecule has 1 aromatic carbocycles. The smallest absolute Gasteiger partial charge is 0.323 e. The maximum absolute atomic E-state index is 12.1. The minimum atomic E-state index is -1.01. The van der Waals surface area contributed by atoms with E-state index in [0.29, 0.717) is 18.8 Å². The van der Waals surface area contributed by atoms with Crippen molar-refractivity contribution < 1.29 is 14.7 Å². The van der Waals surface area contributed by atoms with E-state index in [-0.39, 0.29) is 18.4 Å². The molecule has 2 N–H and O–H groups in total. The third kappa shape index (κ3) is 2.62. The fourth-order valence-corrected chi connectivity index (χ4v) is 1.72. The number of anilines is 1. The number of hydrogen-bond acceptors (Lipinski definition) is 3. The van der Waals surface area contributed by atoms with Crippen LogP contribution in [-0.2, 0) is 9.59 Å². The van der Waals surface area contributed by atoms with Crippen LogP contribution in [-0.4, -0.2) is 36.6 Å². The zero-order valence-corrected chi connectivity index (χ0v) is 9.30. The monoisotopic (exact) mass is 234 g/mol. The molecule has 0 bridgehead atoms. The number of amides is 1. The van der Waals surface area contributed by atoms with Crippen LogP contribution in [0.3, 0.4) is 0 Å². The summed E-state index contributed by atoms with van der Waals surface area (Å²) >= 11 is 0. The molecule has 0 unspecified atom stereocenters. The van der Waals surface area contributed by atoms with Crippen LogP contribution in [0.5, 0.6) is 0 Å². The predicted molar refractivity (Wildman–Crippen MR) is 62.8 cm³/mol. The van der Waals surface area contributed by atoms with Gasteiger partial charge in [-0.2, -0.15) is 0 Å². The molecule has 1 heterocycles. The summed E-state index contributed by atoms with van der Waals surface area (Å²) in [6.07, 6.45) is 0. The van der Waals surface area contributed by atoms with Crippen LogP contribution in [0.25, 0.3) is 0 Å². The molecular formula is C12H14N2O3. The van der Waals surface area contributed by atoms with Gasteiger partial charge in [-0.1, -0.05) is 18.2 Å². The van der Waals surface area contributed by atoms with E-state index in [0.717, 1.165) is 0 Å². The molecule has 1 aromatic rings. The number of benzene rings is 1. The van der Waals surface area contributed by atoms with Crippen molar-refractivity contribution in [1.82, 2.24) is 5.32 Å². The minimum Gasteiger partial charge on any atom is -0.480 e. The van der Waals surface area contributed by atoms with Gasteiger partial charge in [-0.3, -0.25) is 9.59 Å². The molecule has 1 aliphatic heterocycles. The lowest BCUT2D eigenvalue weighted by Gasteiger charge is -2.31. The van der Waals surface area contributed by atoms with E-state index in [1.807, 2.05) is 6.07 Å². The van der Waals surface area contributed by atoms with Gasteiger partial charge in [0.15, 0.2) is 0 Å². The maximum Gasteiger partial charge on any atom is 0.323 e. The maximum atomic E-state index is 12.1. The first-order chi connectivity index (χ1) is 8.18. The molecule has 0 spiro atoms. The Kier molecular flexibility index (Phi) is 3.39. The van der Waals surface area contributed by atoms with Gasteiger partial charge in [0.1, 0.15) is 6.54 Å². The van der Waals surface area contributed by atoms with Crippen molar-refractivity contribution in [3.8, 4) is 0 Å². The molecule has 1 fully saturated rings. The Bertz CT molecular complexity index is 415. The first-order valence-electron chi connectivity index (χ1n) is 5.47. The first kappa shape index (κ1) is 11.6. The van der Waals surface area contributed by atoms with Crippen molar-refractivity contribution in [3.05, 3.63) is 30.3 Å². The largest absolute Gasteiger partial charge is 0.480 e. The van der Waals surface area contributed by atoms with Gasteiger partial charge >= 0.3 is 5.97 Å². The Balaban J connectivity index is 2.18. The molecule has 1 amide bonds. The van der Waals surface area contributed by atoms with Gasteiger partial charge in [0.25, 0.3) is 0 Å². The molecule has 90 valence electrons. The number of para-hydroxylation sites is 1. The Labute approximate surface area is 99.0 Å². The predicted octanol–water partition coefficient (Wildman–Crippen LogP) is 0.324. The number of carboxylic acids is 1. The number of carboxylic acid groups (broad SMARTS) is 1. The van der Waals surface area contributed by atoms with Crippen LogP contribution in [0.4, 0.5) is 5.69 Å². The summed E-state index contributed by atoms with van der Waals surface area (Å²) in [5.74, 6) is -1.23. The highest BCUT2D eigenvalue weighted by Gasteiger charge is 2.30. The fraction of sp³-hybridized carbons (Fsp3) is 0.333. The third-order valence-electron chi connectivity index (χ3n) is 2.76. The SMILES string of the molecule is O=C(O)CN(C(=O)C1CNC1)c1ccccc1. The van der Waals surface area contributed by atoms with E-state index in [1.54, 1.807) is 24.3 Å². The molecule has 17 heavy (non-hydrogen) atoms. The lowest BCUT2D eigenvalue weighted by Crippen LogP contribution is -2.53. The highest BCUT2D eigenvalue weighted by Crippen LogP contribution is 2.17. The average Bonchev–Trinajstić information content (AvgIpc) is 2.24. The van der Waals surface area contributed by atoms with Gasteiger partial charge in [-0.05, 0) is 12.1 Å². The molecule has 5 nitrogen and oxygen atoms in total. The molecular weight excluding hydrogens is 220 g/mol. The normalized spacial score (nSPS) is 15.1. The fourth-order valence-electron chi connectivity index (χ4n) is 1.72. The summed E-state index contributed by atoms with van der Waals surface area (Å²) < 4.78 is 0. The average molecular weight is 234 g/mol. The Hall–Kier alpha value is -1.88. The number of nitrogens with zero attached hydrogens (tertiary/aromatic N) is 1. The minimum absolute atomic E-state index is 0.102. The van der Waals surface area contributed by atoms with Gasteiger partial charge in [-0.15, -0.1) is 0 Å². The summed E-state index contributed by atoms with van der Waals surface area (Å²) in [6, 6.07) is 8.89. The second kappa shape index (κ2) is 4.97. The Morgan fingerprint density at radius 3 is 2.41 bits per heavy atom. The standard InChI is InChI=1S/C12H14N2O3/c15-11(16)8-14(10-4-2-1-3-5-10)12(17)9-6-13-7-9/h1-5,9,13H,6-8H2,(H,15,16). The zero-order chi connectivity index (χ0) is 12.3. The van der Waals surface area contributed by atoms with Gasteiger partial charge in [0, 0.05) is 18.8 Å². The van der Waals surface area contributed by atoms with E-state index in [4.69, 9.17) is 5.11 Å². The topological polar surface area (TPSA) is 69.6 Å². The van der Waals surface area contributed by atoms with Gasteiger partial charge < -0.3 is 15.3 Å². The summed E-state index contributed by atoms with van der Waals surface area (Å²) in [5, 5.41) is 11.9. The molecule has 0 saturated carbocycles. The molecule has 0 aromatic heterocycles. The summed E-state index contributed by atoms with van der Waals surface area (Å²) in [7, 11) is 0. The zero-order valence-electron chi connectivity index (χ0n) is 9.30. The van der Waals surface area contributed by atoms with Crippen LogP contribution >= 0.6 is 0 Å². The highest BCUT2D eigenvalue weighted by atomic mass is 16.4. The third-order valence-corrected chi connectivity index (χ3v) is 2.76. The van der Waals surface area contributed by atoms with Crippen molar-refractivity contribution >= 4 is 17.6 Å². The highest BCUT2D eigenvalue weighted by molar-refractivity contribution is 5.99. The molecule has 0 aliphatic carbocycles. The van der Waals surface area contributed by atoms with Crippen LogP contribution in [0, 0.1) is 5.92 Å². The van der Waals surface area contributed by atoms with Gasteiger partial charge in [0.05, 0.1) is 5.92 Å². The number of carbonyl (C=O) groups excluding carboxylic acids is 1. The van der Waals surface area contributed by atoms with Crippen LogP contribution in [0.15, 0.2) is 30.3 Å². The molecule has 2 rings (SSSR count). The van der Waals surface area contributed by atoms with Crippen molar-refractivity contribution in [2.75, 3.05) is 24.5 Å². The number of hydrogen-bond donors (Lipinski definition) is 2. The van der Waals surface area contributed by atoms with E-state index in [2.05, 4.69) is 5.32 Å². The lowest BCUT2D eigenvalue weighted by atomic mass is 10.0. The number of carbonyl (C=O) groups is 2. The first-order valence-corrected chi connectivity index (χ1v) is 5.47. The second-order valence-corrected chi connectivity index (χ2v) is 4.01. The lowest BCUT2D eigenvalue weighted by molar-refractivity contribution is -0.137. The van der Waals surface area contributed by atoms with E-state index >= 15 is 0 Å². The van der Waals surface area contributed by atoms with Gasteiger partial charge in [-0.25, -0.2) is 0 Å². The quantitative estimate of drug-likeness (QED) is 0.787. The van der Waals surface area contributed by atoms with E-state index < -0.39 is 5.97 Å². The van der Waals surface area contributed by atoms with Crippen molar-refractivity contribution in [2.24, 2.45) is 5.92 Å². The van der Waals surface area contributed by atoms with Crippen LogP contribution < -0.4 is 10.2 Å². The number of rotatable bonds is 4. The second-order valence-electron chi connectivity index (χ2n) is 4.01. The van der Waals surface area contributed by atoms with Crippen molar-refractivity contribution in [2.45, 2.75) is 0 Å². The molecule has 1 aliphatic rings. The van der Waals surface area contributed by atoms with Gasteiger partial charge in [0.2, 0.25) is 5.91 Å². The van der Waals surface area contributed by atoms with Crippen molar-refractivity contribution in [1.29, 1.82) is 0 Å². The Morgan fingerprint density at radius 1 is 1.29 bits per heavy atom. The summed E-state index contributed by atoms with van der Waals surface area (Å²) in [6.45, 7) is 0.961. The molecule has 0 atom stereocenters. The number of nitrogens with one attached hydrogen (secondary N) is 1. The van der Waals surface area contributed by atoms with Crippen LogP contribution in [0.2, 0.25) is 0 Å². The molecule has 5 heteroatoms. The van der Waals surface area contributed by atoms with Crippen LogP contribution in [0.1, 0.15) is 0 Å². The molecule has 1 saturated heterocycles.